The maximum Gasteiger partial charge on any atom is 0.123 e. The Labute approximate surface area is 127 Å². The van der Waals surface area contributed by atoms with Crippen molar-refractivity contribution >= 4 is 23.2 Å². The van der Waals surface area contributed by atoms with Gasteiger partial charge in [0.1, 0.15) is 11.9 Å². The van der Waals surface area contributed by atoms with Gasteiger partial charge in [-0.2, -0.15) is 0 Å². The van der Waals surface area contributed by atoms with Gasteiger partial charge in [-0.05, 0) is 36.6 Å². The average Bonchev–Trinajstić information content (AvgIpc) is 3.02. The molecule has 1 aromatic heterocycles. The highest BCUT2D eigenvalue weighted by atomic mass is 35.5. The molecule has 0 fully saturated rings. The first kappa shape index (κ1) is 13.7. The van der Waals surface area contributed by atoms with Crippen LogP contribution < -0.4 is 4.74 Å². The summed E-state index contributed by atoms with van der Waals surface area (Å²) in [5, 5.41) is 9.01. The van der Waals surface area contributed by atoms with Crippen LogP contribution >= 0.6 is 23.2 Å². The molecular formula is C14H15Cl2N3O. The largest absolute Gasteiger partial charge is 0.488 e. The number of rotatable bonds is 5. The Balaban J connectivity index is 1.61. The molecule has 106 valence electrons. The van der Waals surface area contributed by atoms with E-state index < -0.39 is 0 Å². The minimum absolute atomic E-state index is 0.0889. The fourth-order valence-electron chi connectivity index (χ4n) is 2.39. The van der Waals surface area contributed by atoms with Crippen LogP contribution in [0.4, 0.5) is 0 Å². The first-order chi connectivity index (χ1) is 9.74. The van der Waals surface area contributed by atoms with Crippen molar-refractivity contribution in [1.29, 1.82) is 0 Å². The Kier molecular flexibility index (Phi) is 4.13. The number of aromatic nitrogens is 3. The molecule has 0 bridgehead atoms. The average molecular weight is 312 g/mol. The van der Waals surface area contributed by atoms with Gasteiger partial charge in [0.2, 0.25) is 0 Å². The standard InChI is InChI=1S/C14H15Cl2N3O/c15-5-1-2-12-8-19(18-17-12)9-13-7-10-6-11(16)3-4-14(10)20-13/h3-4,6,8,13H,1-2,5,7,9H2. The third-order valence-electron chi connectivity index (χ3n) is 3.31. The number of hydrogen-bond donors (Lipinski definition) is 0. The molecule has 0 saturated heterocycles. The van der Waals surface area contributed by atoms with E-state index in [0.29, 0.717) is 12.4 Å². The number of benzene rings is 1. The first-order valence-electron chi connectivity index (χ1n) is 6.64. The van der Waals surface area contributed by atoms with Crippen LogP contribution in [0.25, 0.3) is 0 Å². The summed E-state index contributed by atoms with van der Waals surface area (Å²) in [7, 11) is 0. The monoisotopic (exact) mass is 311 g/mol. The van der Waals surface area contributed by atoms with Gasteiger partial charge in [-0.1, -0.05) is 16.8 Å². The maximum atomic E-state index is 5.99. The van der Waals surface area contributed by atoms with Gasteiger partial charge in [0, 0.05) is 23.5 Å². The summed E-state index contributed by atoms with van der Waals surface area (Å²) in [6.07, 6.45) is 4.69. The van der Waals surface area contributed by atoms with Crippen molar-refractivity contribution in [3.8, 4) is 5.75 Å². The fourth-order valence-corrected chi connectivity index (χ4v) is 2.72. The van der Waals surface area contributed by atoms with Gasteiger partial charge in [-0.3, -0.25) is 0 Å². The molecular weight excluding hydrogens is 297 g/mol. The van der Waals surface area contributed by atoms with Crippen LogP contribution in [0.1, 0.15) is 17.7 Å². The molecule has 0 spiro atoms. The molecule has 0 aliphatic carbocycles. The predicted octanol–water partition coefficient (Wildman–Crippen LogP) is 3.11. The zero-order valence-electron chi connectivity index (χ0n) is 10.9. The molecule has 0 radical (unpaired) electrons. The molecule has 1 aliphatic heterocycles. The molecule has 0 N–H and O–H groups in total. The predicted molar refractivity (Wildman–Crippen MR) is 78.6 cm³/mol. The minimum Gasteiger partial charge on any atom is -0.488 e. The second kappa shape index (κ2) is 6.02. The summed E-state index contributed by atoms with van der Waals surface area (Å²) in [6, 6.07) is 5.73. The van der Waals surface area contributed by atoms with Gasteiger partial charge in [-0.15, -0.1) is 16.7 Å². The van der Waals surface area contributed by atoms with E-state index in [1.54, 1.807) is 0 Å². The molecule has 3 rings (SSSR count). The highest BCUT2D eigenvalue weighted by Gasteiger charge is 2.23. The smallest absolute Gasteiger partial charge is 0.123 e. The summed E-state index contributed by atoms with van der Waals surface area (Å²) in [5.74, 6) is 1.57. The SMILES string of the molecule is ClCCCc1cn(CC2Cc3cc(Cl)ccc3O2)nn1. The van der Waals surface area contributed by atoms with Gasteiger partial charge in [-0.25, -0.2) is 4.68 Å². The minimum atomic E-state index is 0.0889. The Morgan fingerprint density at radius 1 is 1.40 bits per heavy atom. The fraction of sp³-hybridized carbons (Fsp3) is 0.429. The van der Waals surface area contributed by atoms with E-state index >= 15 is 0 Å². The van der Waals surface area contributed by atoms with Gasteiger partial charge in [0.15, 0.2) is 0 Å². The number of hydrogen-bond acceptors (Lipinski definition) is 3. The summed E-state index contributed by atoms with van der Waals surface area (Å²) >= 11 is 11.7. The number of fused-ring (bicyclic) bond motifs is 1. The molecule has 0 saturated carbocycles. The van der Waals surface area contributed by atoms with Crippen molar-refractivity contribution in [3.63, 3.8) is 0 Å². The van der Waals surface area contributed by atoms with Gasteiger partial charge < -0.3 is 4.74 Å². The third kappa shape index (κ3) is 3.07. The maximum absolute atomic E-state index is 5.99. The highest BCUT2D eigenvalue weighted by molar-refractivity contribution is 6.30. The summed E-state index contributed by atoms with van der Waals surface area (Å²) in [5.41, 5.74) is 2.13. The Bertz CT molecular complexity index is 600. The Morgan fingerprint density at radius 3 is 3.15 bits per heavy atom. The number of nitrogens with zero attached hydrogens (tertiary/aromatic N) is 3. The van der Waals surface area contributed by atoms with Crippen molar-refractivity contribution in [2.75, 3.05) is 5.88 Å². The molecule has 1 unspecified atom stereocenters. The first-order valence-corrected chi connectivity index (χ1v) is 7.56. The topological polar surface area (TPSA) is 39.9 Å². The molecule has 2 aromatic rings. The van der Waals surface area contributed by atoms with Crippen molar-refractivity contribution in [1.82, 2.24) is 15.0 Å². The van der Waals surface area contributed by atoms with Crippen LogP contribution in [0.5, 0.6) is 5.75 Å². The van der Waals surface area contributed by atoms with Crippen LogP contribution in [-0.2, 0) is 19.4 Å². The molecule has 6 heteroatoms. The lowest BCUT2D eigenvalue weighted by Crippen LogP contribution is -2.21. The number of ether oxygens (including phenoxy) is 1. The highest BCUT2D eigenvalue weighted by Crippen LogP contribution is 2.31. The zero-order valence-corrected chi connectivity index (χ0v) is 12.4. The van der Waals surface area contributed by atoms with Crippen molar-refractivity contribution < 1.29 is 4.74 Å². The zero-order chi connectivity index (χ0) is 13.9. The molecule has 0 amide bonds. The van der Waals surface area contributed by atoms with Gasteiger partial charge >= 0.3 is 0 Å². The molecule has 4 nitrogen and oxygen atoms in total. The van der Waals surface area contributed by atoms with E-state index in [4.69, 9.17) is 27.9 Å². The summed E-state index contributed by atoms with van der Waals surface area (Å²) in [4.78, 5) is 0. The van der Waals surface area contributed by atoms with E-state index in [2.05, 4.69) is 10.3 Å². The molecule has 1 aromatic carbocycles. The second-order valence-electron chi connectivity index (χ2n) is 4.92. The lowest BCUT2D eigenvalue weighted by molar-refractivity contribution is 0.202. The normalized spacial score (nSPS) is 17.0. The molecule has 20 heavy (non-hydrogen) atoms. The van der Waals surface area contributed by atoms with Crippen LogP contribution in [0, 0.1) is 0 Å². The Morgan fingerprint density at radius 2 is 2.30 bits per heavy atom. The summed E-state index contributed by atoms with van der Waals surface area (Å²) in [6.45, 7) is 0.695. The number of halogens is 2. The Hall–Kier alpha value is -1.26. The molecule has 1 atom stereocenters. The quantitative estimate of drug-likeness (QED) is 0.797. The number of aryl methyl sites for hydroxylation is 1. The lowest BCUT2D eigenvalue weighted by Gasteiger charge is -2.09. The van der Waals surface area contributed by atoms with Crippen LogP contribution in [0.3, 0.4) is 0 Å². The summed E-state index contributed by atoms with van der Waals surface area (Å²) < 4.78 is 7.72. The molecule has 1 aliphatic rings. The van der Waals surface area contributed by atoms with Crippen LogP contribution in [-0.4, -0.2) is 27.0 Å². The lowest BCUT2D eigenvalue weighted by atomic mass is 10.1. The van der Waals surface area contributed by atoms with Gasteiger partial charge in [0.25, 0.3) is 0 Å². The molecule has 2 heterocycles. The van der Waals surface area contributed by atoms with Crippen LogP contribution in [0.15, 0.2) is 24.4 Å². The van der Waals surface area contributed by atoms with E-state index in [1.807, 2.05) is 29.1 Å². The number of alkyl halides is 1. The van der Waals surface area contributed by atoms with Gasteiger partial charge in [0.05, 0.1) is 12.2 Å². The van der Waals surface area contributed by atoms with E-state index in [9.17, 15) is 0 Å². The van der Waals surface area contributed by atoms with E-state index in [-0.39, 0.29) is 6.10 Å². The van der Waals surface area contributed by atoms with Crippen molar-refractivity contribution in [3.05, 3.63) is 40.7 Å². The van der Waals surface area contributed by atoms with Crippen LogP contribution in [0.2, 0.25) is 5.02 Å². The third-order valence-corrected chi connectivity index (χ3v) is 3.81. The second-order valence-corrected chi connectivity index (χ2v) is 5.73. The van der Waals surface area contributed by atoms with Crippen molar-refractivity contribution in [2.45, 2.75) is 31.9 Å². The van der Waals surface area contributed by atoms with E-state index in [1.165, 1.54) is 0 Å². The van der Waals surface area contributed by atoms with E-state index in [0.717, 1.165) is 41.3 Å². The van der Waals surface area contributed by atoms with Crippen molar-refractivity contribution in [2.24, 2.45) is 0 Å².